The fourth-order valence-electron chi connectivity index (χ4n) is 4.15. The maximum absolute atomic E-state index is 12.6. The number of likely N-dealkylation sites (tertiary alicyclic amines) is 2. The van der Waals surface area contributed by atoms with Gasteiger partial charge in [-0.3, -0.25) is 19.7 Å². The monoisotopic (exact) mass is 336 g/mol. The highest BCUT2D eigenvalue weighted by Gasteiger charge is 2.41. The second-order valence-electron chi connectivity index (χ2n) is 7.32. The summed E-state index contributed by atoms with van der Waals surface area (Å²) >= 11 is 0. The minimum Gasteiger partial charge on any atom is -0.339 e. The molecule has 2 aromatic rings. The van der Waals surface area contributed by atoms with Gasteiger partial charge in [0.25, 0.3) is 5.91 Å². The SMILES string of the molecule is O=C(c1cccnc1)N1CCC2(CCN(Cc3ccccn3)C2)CC1. The Bertz CT molecular complexity index is 711. The fourth-order valence-corrected chi connectivity index (χ4v) is 4.15. The van der Waals surface area contributed by atoms with Crippen molar-refractivity contribution in [3.63, 3.8) is 0 Å². The highest BCUT2D eigenvalue weighted by atomic mass is 16.2. The molecule has 0 aliphatic carbocycles. The third-order valence-electron chi connectivity index (χ3n) is 5.65. The summed E-state index contributed by atoms with van der Waals surface area (Å²) in [5.41, 5.74) is 2.21. The maximum Gasteiger partial charge on any atom is 0.255 e. The first-order valence-electron chi connectivity index (χ1n) is 9.06. The molecular weight excluding hydrogens is 312 g/mol. The van der Waals surface area contributed by atoms with Gasteiger partial charge < -0.3 is 4.90 Å². The van der Waals surface area contributed by atoms with Crippen LogP contribution in [0.25, 0.3) is 0 Å². The first-order chi connectivity index (χ1) is 12.2. The van der Waals surface area contributed by atoms with Crippen molar-refractivity contribution in [2.75, 3.05) is 26.2 Å². The molecule has 0 atom stereocenters. The van der Waals surface area contributed by atoms with E-state index in [1.54, 1.807) is 12.4 Å². The van der Waals surface area contributed by atoms with Crippen molar-refractivity contribution in [3.05, 3.63) is 60.2 Å². The maximum atomic E-state index is 12.6. The average Bonchev–Trinajstić information content (AvgIpc) is 3.05. The van der Waals surface area contributed by atoms with E-state index in [4.69, 9.17) is 0 Å². The summed E-state index contributed by atoms with van der Waals surface area (Å²) in [6.45, 7) is 4.89. The van der Waals surface area contributed by atoms with Crippen molar-refractivity contribution in [2.45, 2.75) is 25.8 Å². The van der Waals surface area contributed by atoms with Crippen LogP contribution in [0, 0.1) is 5.41 Å². The third-order valence-corrected chi connectivity index (χ3v) is 5.65. The van der Waals surface area contributed by atoms with Crippen molar-refractivity contribution in [3.8, 4) is 0 Å². The van der Waals surface area contributed by atoms with E-state index in [0.29, 0.717) is 11.0 Å². The first-order valence-corrected chi connectivity index (χ1v) is 9.06. The van der Waals surface area contributed by atoms with E-state index in [9.17, 15) is 4.79 Å². The van der Waals surface area contributed by atoms with Crippen LogP contribution in [0.15, 0.2) is 48.9 Å². The third kappa shape index (κ3) is 3.56. The second-order valence-corrected chi connectivity index (χ2v) is 7.32. The van der Waals surface area contributed by atoms with Gasteiger partial charge in [0.1, 0.15) is 0 Å². The molecule has 2 aliphatic rings. The van der Waals surface area contributed by atoms with Gasteiger partial charge in [-0.05, 0) is 55.5 Å². The van der Waals surface area contributed by atoms with Crippen LogP contribution in [-0.4, -0.2) is 51.9 Å². The van der Waals surface area contributed by atoms with Crippen molar-refractivity contribution in [1.29, 1.82) is 0 Å². The molecule has 1 amide bonds. The molecule has 2 aliphatic heterocycles. The zero-order chi connectivity index (χ0) is 17.1. The van der Waals surface area contributed by atoms with E-state index >= 15 is 0 Å². The van der Waals surface area contributed by atoms with Gasteiger partial charge in [-0.1, -0.05) is 6.07 Å². The Morgan fingerprint density at radius 2 is 1.88 bits per heavy atom. The Morgan fingerprint density at radius 1 is 1.04 bits per heavy atom. The predicted octanol–water partition coefficient (Wildman–Crippen LogP) is 2.60. The molecular formula is C20H24N4O. The van der Waals surface area contributed by atoms with Gasteiger partial charge in [0, 0.05) is 44.8 Å². The summed E-state index contributed by atoms with van der Waals surface area (Å²) in [7, 11) is 0. The average molecular weight is 336 g/mol. The Hall–Kier alpha value is -2.27. The fraction of sp³-hybridized carbons (Fsp3) is 0.450. The minimum atomic E-state index is 0.117. The Labute approximate surface area is 148 Å². The standard InChI is InChI=1S/C20H24N4O/c25-19(17-4-3-9-21-14-17)24-12-7-20(8-13-24)6-11-23(16-20)15-18-5-1-2-10-22-18/h1-5,9-10,14H,6-8,11-13,15-16H2. The topological polar surface area (TPSA) is 49.3 Å². The number of carbonyl (C=O) groups excluding carboxylic acids is 1. The quantitative estimate of drug-likeness (QED) is 0.864. The molecule has 5 heteroatoms. The van der Waals surface area contributed by atoms with Crippen LogP contribution in [0.2, 0.25) is 0 Å². The number of hydrogen-bond donors (Lipinski definition) is 0. The van der Waals surface area contributed by atoms with Crippen molar-refractivity contribution in [2.24, 2.45) is 5.41 Å². The molecule has 0 radical (unpaired) electrons. The molecule has 0 N–H and O–H groups in total. The van der Waals surface area contributed by atoms with Crippen LogP contribution < -0.4 is 0 Å². The van der Waals surface area contributed by atoms with Crippen LogP contribution in [0.5, 0.6) is 0 Å². The number of piperidine rings is 1. The van der Waals surface area contributed by atoms with Gasteiger partial charge >= 0.3 is 0 Å². The predicted molar refractivity (Wildman–Crippen MR) is 95.9 cm³/mol. The second kappa shape index (κ2) is 6.92. The minimum absolute atomic E-state index is 0.117. The highest BCUT2D eigenvalue weighted by Crippen LogP contribution is 2.40. The number of aromatic nitrogens is 2. The molecule has 2 saturated heterocycles. The Morgan fingerprint density at radius 3 is 2.60 bits per heavy atom. The number of carbonyl (C=O) groups is 1. The van der Waals surface area contributed by atoms with Gasteiger partial charge in [-0.2, -0.15) is 0 Å². The van der Waals surface area contributed by atoms with E-state index < -0.39 is 0 Å². The summed E-state index contributed by atoms with van der Waals surface area (Å²) in [6.07, 6.45) is 8.65. The van der Waals surface area contributed by atoms with E-state index in [0.717, 1.165) is 51.3 Å². The molecule has 0 saturated carbocycles. The Balaban J connectivity index is 1.33. The lowest BCUT2D eigenvalue weighted by Gasteiger charge is -2.39. The normalized spacial score (nSPS) is 20.1. The largest absolute Gasteiger partial charge is 0.339 e. The van der Waals surface area contributed by atoms with E-state index in [1.807, 2.05) is 29.3 Å². The van der Waals surface area contributed by atoms with Crippen molar-refractivity contribution >= 4 is 5.91 Å². The van der Waals surface area contributed by atoms with E-state index in [2.05, 4.69) is 27.0 Å². The molecule has 4 heterocycles. The lowest BCUT2D eigenvalue weighted by molar-refractivity contribution is 0.0587. The molecule has 0 aromatic carbocycles. The number of hydrogen-bond acceptors (Lipinski definition) is 4. The summed E-state index contributed by atoms with van der Waals surface area (Å²) in [5, 5.41) is 0. The van der Waals surface area contributed by atoms with Crippen molar-refractivity contribution < 1.29 is 4.79 Å². The van der Waals surface area contributed by atoms with Crippen LogP contribution in [0.3, 0.4) is 0 Å². The van der Waals surface area contributed by atoms with Crippen LogP contribution in [0.1, 0.15) is 35.3 Å². The molecule has 130 valence electrons. The van der Waals surface area contributed by atoms with Crippen LogP contribution in [0.4, 0.5) is 0 Å². The lowest BCUT2D eigenvalue weighted by atomic mass is 9.77. The number of pyridine rings is 2. The molecule has 0 unspecified atom stereocenters. The summed E-state index contributed by atoms with van der Waals surface area (Å²) in [4.78, 5) is 25.6. The molecule has 25 heavy (non-hydrogen) atoms. The molecule has 0 bridgehead atoms. The molecule has 1 spiro atoms. The number of rotatable bonds is 3. The van der Waals surface area contributed by atoms with Gasteiger partial charge in [0.2, 0.25) is 0 Å². The van der Waals surface area contributed by atoms with Crippen molar-refractivity contribution in [1.82, 2.24) is 19.8 Å². The van der Waals surface area contributed by atoms with Gasteiger partial charge in [0.15, 0.2) is 0 Å². The van der Waals surface area contributed by atoms with Gasteiger partial charge in [0.05, 0.1) is 11.3 Å². The van der Waals surface area contributed by atoms with E-state index in [1.165, 1.54) is 6.42 Å². The van der Waals surface area contributed by atoms with Gasteiger partial charge in [-0.15, -0.1) is 0 Å². The summed E-state index contributed by atoms with van der Waals surface area (Å²) in [5.74, 6) is 0.117. The zero-order valence-corrected chi connectivity index (χ0v) is 14.5. The summed E-state index contributed by atoms with van der Waals surface area (Å²) in [6, 6.07) is 9.79. The lowest BCUT2D eigenvalue weighted by Crippen LogP contribution is -2.44. The van der Waals surface area contributed by atoms with Gasteiger partial charge in [-0.25, -0.2) is 0 Å². The molecule has 2 aromatic heterocycles. The smallest absolute Gasteiger partial charge is 0.255 e. The Kier molecular flexibility index (Phi) is 4.49. The van der Waals surface area contributed by atoms with E-state index in [-0.39, 0.29) is 5.91 Å². The number of nitrogens with zero attached hydrogens (tertiary/aromatic N) is 4. The number of amides is 1. The molecule has 5 nitrogen and oxygen atoms in total. The molecule has 2 fully saturated rings. The molecule has 4 rings (SSSR count). The first kappa shape index (κ1) is 16.2. The van der Waals surface area contributed by atoms with Crippen LogP contribution >= 0.6 is 0 Å². The zero-order valence-electron chi connectivity index (χ0n) is 14.5. The highest BCUT2D eigenvalue weighted by molar-refractivity contribution is 5.93. The summed E-state index contributed by atoms with van der Waals surface area (Å²) < 4.78 is 0. The van der Waals surface area contributed by atoms with Crippen LogP contribution in [-0.2, 0) is 6.54 Å².